The summed E-state index contributed by atoms with van der Waals surface area (Å²) >= 11 is 6.18. The Morgan fingerprint density at radius 3 is 2.81 bits per heavy atom. The summed E-state index contributed by atoms with van der Waals surface area (Å²) in [5.74, 6) is 1.87. The van der Waals surface area contributed by atoms with Crippen LogP contribution in [-0.4, -0.2) is 28.8 Å². The molecule has 27 heavy (non-hydrogen) atoms. The number of ether oxygens (including phenoxy) is 1. The molecule has 2 heterocycles. The molecule has 0 saturated carbocycles. The predicted molar refractivity (Wildman–Crippen MR) is 107 cm³/mol. The van der Waals surface area contributed by atoms with Gasteiger partial charge in [-0.1, -0.05) is 35.9 Å². The molecule has 1 aliphatic heterocycles. The Balaban J connectivity index is 1.58. The monoisotopic (exact) mass is 381 g/mol. The van der Waals surface area contributed by atoms with Crippen molar-refractivity contribution < 1.29 is 4.74 Å². The Morgan fingerprint density at radius 2 is 2.00 bits per heavy atom. The van der Waals surface area contributed by atoms with Crippen molar-refractivity contribution in [2.75, 3.05) is 23.9 Å². The molecule has 0 spiro atoms. The molecule has 6 nitrogen and oxygen atoms in total. The summed E-state index contributed by atoms with van der Waals surface area (Å²) in [6, 6.07) is 12.2. The van der Waals surface area contributed by atoms with Crippen molar-refractivity contribution >= 4 is 29.1 Å². The van der Waals surface area contributed by atoms with Gasteiger partial charge in [0.05, 0.1) is 19.0 Å². The van der Waals surface area contributed by atoms with Crippen molar-refractivity contribution in [3.05, 3.63) is 64.3 Å². The molecule has 1 aromatic heterocycles. The van der Waals surface area contributed by atoms with Gasteiger partial charge < -0.3 is 15.0 Å². The average Bonchev–Trinajstić information content (AvgIpc) is 2.70. The quantitative estimate of drug-likeness (QED) is 0.732. The molecule has 7 heteroatoms. The summed E-state index contributed by atoms with van der Waals surface area (Å²) in [6.45, 7) is 3.60. The number of aromatic nitrogens is 3. The second kappa shape index (κ2) is 7.40. The fourth-order valence-electron chi connectivity index (χ4n) is 3.22. The second-order valence-corrected chi connectivity index (χ2v) is 6.92. The number of rotatable bonds is 4. The van der Waals surface area contributed by atoms with Crippen molar-refractivity contribution in [1.29, 1.82) is 0 Å². The number of methoxy groups -OCH3 is 1. The minimum Gasteiger partial charge on any atom is -0.495 e. The zero-order valence-electron chi connectivity index (χ0n) is 15.2. The van der Waals surface area contributed by atoms with Crippen LogP contribution in [0.3, 0.4) is 0 Å². The highest BCUT2D eigenvalue weighted by Crippen LogP contribution is 2.33. The lowest BCUT2D eigenvalue weighted by molar-refractivity contribution is 0.416. The van der Waals surface area contributed by atoms with E-state index in [2.05, 4.69) is 49.7 Å². The molecule has 0 radical (unpaired) electrons. The van der Waals surface area contributed by atoms with E-state index < -0.39 is 0 Å². The van der Waals surface area contributed by atoms with Crippen LogP contribution in [0.4, 0.5) is 17.5 Å². The topological polar surface area (TPSA) is 63.2 Å². The van der Waals surface area contributed by atoms with E-state index in [0.717, 1.165) is 30.8 Å². The first-order valence-electron chi connectivity index (χ1n) is 8.76. The standard InChI is InChI=1S/C20H20ClN5O/c1-13-9-17(18(27-2)10-16(13)21)23-19-11-22-25-20(24-19)26-8-7-14-5-3-4-6-15(14)12-26/h3-6,9-11H,7-8,12H2,1-2H3,(H,23,24,25). The van der Waals surface area contributed by atoms with Gasteiger partial charge in [-0.25, -0.2) is 0 Å². The van der Waals surface area contributed by atoms with E-state index in [4.69, 9.17) is 16.3 Å². The van der Waals surface area contributed by atoms with E-state index in [1.54, 1.807) is 19.4 Å². The van der Waals surface area contributed by atoms with Gasteiger partial charge in [-0.05, 0) is 36.1 Å². The van der Waals surface area contributed by atoms with E-state index in [0.29, 0.717) is 22.5 Å². The van der Waals surface area contributed by atoms with Crippen LogP contribution in [-0.2, 0) is 13.0 Å². The van der Waals surface area contributed by atoms with Gasteiger partial charge >= 0.3 is 0 Å². The number of nitrogens with one attached hydrogen (secondary N) is 1. The van der Waals surface area contributed by atoms with E-state index in [-0.39, 0.29) is 0 Å². The van der Waals surface area contributed by atoms with Crippen molar-refractivity contribution in [3.8, 4) is 5.75 Å². The van der Waals surface area contributed by atoms with E-state index in [1.807, 2.05) is 13.0 Å². The number of nitrogens with zero attached hydrogens (tertiary/aromatic N) is 4. The summed E-state index contributed by atoms with van der Waals surface area (Å²) < 4.78 is 5.42. The van der Waals surface area contributed by atoms with Crippen LogP contribution in [0.5, 0.6) is 5.75 Å². The summed E-state index contributed by atoms with van der Waals surface area (Å²) in [4.78, 5) is 6.79. The van der Waals surface area contributed by atoms with Crippen molar-refractivity contribution in [1.82, 2.24) is 15.2 Å². The fraction of sp³-hybridized carbons (Fsp3) is 0.250. The molecule has 2 aromatic carbocycles. The minimum absolute atomic E-state index is 0.610. The normalized spacial score (nSPS) is 13.2. The Morgan fingerprint density at radius 1 is 1.19 bits per heavy atom. The van der Waals surface area contributed by atoms with Gasteiger partial charge in [0.15, 0.2) is 5.82 Å². The number of fused-ring (bicyclic) bond motifs is 1. The van der Waals surface area contributed by atoms with Gasteiger partial charge in [0.2, 0.25) is 5.95 Å². The van der Waals surface area contributed by atoms with Crippen LogP contribution >= 0.6 is 11.6 Å². The number of hydrogen-bond acceptors (Lipinski definition) is 6. The molecule has 0 unspecified atom stereocenters. The SMILES string of the molecule is COc1cc(Cl)c(C)cc1Nc1cnnc(N2CCc3ccccc3C2)n1. The summed E-state index contributed by atoms with van der Waals surface area (Å²) in [6.07, 6.45) is 2.58. The largest absolute Gasteiger partial charge is 0.495 e. The van der Waals surface area contributed by atoms with Crippen molar-refractivity contribution in [2.45, 2.75) is 19.9 Å². The molecule has 138 valence electrons. The molecule has 0 aliphatic carbocycles. The molecule has 1 aliphatic rings. The lowest BCUT2D eigenvalue weighted by Crippen LogP contribution is -2.32. The van der Waals surface area contributed by atoms with Crippen LogP contribution in [0.1, 0.15) is 16.7 Å². The Kier molecular flexibility index (Phi) is 4.81. The Labute approximate surface area is 163 Å². The maximum atomic E-state index is 6.18. The van der Waals surface area contributed by atoms with Crippen LogP contribution in [0.25, 0.3) is 0 Å². The third kappa shape index (κ3) is 3.66. The summed E-state index contributed by atoms with van der Waals surface area (Å²) in [7, 11) is 1.61. The van der Waals surface area contributed by atoms with Crippen LogP contribution in [0.15, 0.2) is 42.6 Å². The van der Waals surface area contributed by atoms with E-state index in [1.165, 1.54) is 11.1 Å². The molecule has 1 N–H and O–H groups in total. The van der Waals surface area contributed by atoms with Crippen LogP contribution in [0.2, 0.25) is 5.02 Å². The zero-order chi connectivity index (χ0) is 18.8. The van der Waals surface area contributed by atoms with E-state index in [9.17, 15) is 0 Å². The lowest BCUT2D eigenvalue weighted by atomic mass is 10.0. The van der Waals surface area contributed by atoms with Crippen LogP contribution in [0, 0.1) is 6.92 Å². The number of halogens is 1. The van der Waals surface area contributed by atoms with Gasteiger partial charge in [-0.3, -0.25) is 0 Å². The predicted octanol–water partition coefficient (Wildman–Crippen LogP) is 4.15. The zero-order valence-corrected chi connectivity index (χ0v) is 16.0. The average molecular weight is 382 g/mol. The molecule has 0 atom stereocenters. The first kappa shape index (κ1) is 17.5. The summed E-state index contributed by atoms with van der Waals surface area (Å²) in [5.41, 5.74) is 4.43. The third-order valence-electron chi connectivity index (χ3n) is 4.70. The Bertz CT molecular complexity index is 978. The number of anilines is 3. The molecule has 0 bridgehead atoms. The van der Waals surface area contributed by atoms with Gasteiger partial charge in [0, 0.05) is 24.2 Å². The van der Waals surface area contributed by atoms with Crippen molar-refractivity contribution in [2.24, 2.45) is 0 Å². The van der Waals surface area contributed by atoms with E-state index >= 15 is 0 Å². The molecule has 0 saturated heterocycles. The molecular weight excluding hydrogens is 362 g/mol. The van der Waals surface area contributed by atoms with Crippen LogP contribution < -0.4 is 15.0 Å². The maximum Gasteiger partial charge on any atom is 0.247 e. The van der Waals surface area contributed by atoms with Gasteiger partial charge in [0.1, 0.15) is 5.75 Å². The highest BCUT2D eigenvalue weighted by atomic mass is 35.5. The first-order chi connectivity index (χ1) is 13.1. The number of aryl methyl sites for hydroxylation is 1. The fourth-order valence-corrected chi connectivity index (χ4v) is 3.38. The van der Waals surface area contributed by atoms with Gasteiger partial charge in [-0.15, -0.1) is 5.10 Å². The van der Waals surface area contributed by atoms with Gasteiger partial charge in [0.25, 0.3) is 0 Å². The highest BCUT2D eigenvalue weighted by molar-refractivity contribution is 6.31. The van der Waals surface area contributed by atoms with Gasteiger partial charge in [-0.2, -0.15) is 10.1 Å². The number of hydrogen-bond donors (Lipinski definition) is 1. The molecular formula is C20H20ClN5O. The first-order valence-corrected chi connectivity index (χ1v) is 9.14. The molecule has 3 aromatic rings. The highest BCUT2D eigenvalue weighted by Gasteiger charge is 2.19. The molecule has 0 amide bonds. The Hall–Kier alpha value is -2.86. The lowest BCUT2D eigenvalue weighted by Gasteiger charge is -2.28. The maximum absolute atomic E-state index is 6.18. The minimum atomic E-state index is 0.610. The molecule has 4 rings (SSSR count). The number of benzene rings is 2. The smallest absolute Gasteiger partial charge is 0.247 e. The van der Waals surface area contributed by atoms with Crippen molar-refractivity contribution in [3.63, 3.8) is 0 Å². The molecule has 0 fully saturated rings. The third-order valence-corrected chi connectivity index (χ3v) is 5.11. The second-order valence-electron chi connectivity index (χ2n) is 6.51. The summed E-state index contributed by atoms with van der Waals surface area (Å²) in [5, 5.41) is 12.3.